The number of halogens is 2. The van der Waals surface area contributed by atoms with Gasteiger partial charge in [-0.05, 0) is 31.0 Å². The fraction of sp³-hybridized carbons (Fsp3) is 0.455. The van der Waals surface area contributed by atoms with Gasteiger partial charge in [0.1, 0.15) is 0 Å². The summed E-state index contributed by atoms with van der Waals surface area (Å²) < 4.78 is 0.968. The second-order valence-electron chi connectivity index (χ2n) is 3.48. The van der Waals surface area contributed by atoms with Crippen LogP contribution in [0.5, 0.6) is 0 Å². The molecule has 0 saturated heterocycles. The standard InChI is InChI=1S/C11H15ClINO/c1-8-2-3-9(6-11(8)12)14-7-10(15)4-5-13/h2-3,6,10,14-15H,4-5,7H2,1H3. The molecule has 0 aliphatic heterocycles. The molecule has 1 aromatic rings. The van der Waals surface area contributed by atoms with Crippen molar-refractivity contribution in [3.8, 4) is 0 Å². The van der Waals surface area contributed by atoms with E-state index in [1.54, 1.807) is 0 Å². The van der Waals surface area contributed by atoms with Crippen LogP contribution < -0.4 is 5.32 Å². The van der Waals surface area contributed by atoms with Crippen LogP contribution >= 0.6 is 34.2 Å². The third kappa shape index (κ3) is 4.57. The molecule has 1 unspecified atom stereocenters. The molecule has 0 bridgehead atoms. The summed E-state index contributed by atoms with van der Waals surface area (Å²) in [4.78, 5) is 0. The van der Waals surface area contributed by atoms with E-state index in [1.807, 2.05) is 25.1 Å². The first-order chi connectivity index (χ1) is 7.13. The molecule has 0 aliphatic rings. The highest BCUT2D eigenvalue weighted by Gasteiger charge is 2.03. The van der Waals surface area contributed by atoms with Crippen LogP contribution in [0.3, 0.4) is 0 Å². The fourth-order valence-electron chi connectivity index (χ4n) is 1.17. The summed E-state index contributed by atoms with van der Waals surface area (Å²) in [5, 5.41) is 13.4. The SMILES string of the molecule is Cc1ccc(NCC(O)CCI)cc1Cl. The minimum atomic E-state index is -0.290. The van der Waals surface area contributed by atoms with Crippen LogP contribution in [0, 0.1) is 6.92 Å². The molecule has 1 aromatic carbocycles. The molecule has 84 valence electrons. The minimum absolute atomic E-state index is 0.290. The molecular weight excluding hydrogens is 324 g/mol. The molecule has 0 saturated carbocycles. The van der Waals surface area contributed by atoms with Crippen LogP contribution in [0.15, 0.2) is 18.2 Å². The maximum atomic E-state index is 9.53. The Bertz CT molecular complexity index is 319. The van der Waals surface area contributed by atoms with E-state index in [-0.39, 0.29) is 6.10 Å². The van der Waals surface area contributed by atoms with Crippen molar-refractivity contribution in [2.24, 2.45) is 0 Å². The molecule has 0 aromatic heterocycles. The van der Waals surface area contributed by atoms with Gasteiger partial charge < -0.3 is 10.4 Å². The Morgan fingerprint density at radius 3 is 2.87 bits per heavy atom. The summed E-state index contributed by atoms with van der Waals surface area (Å²) in [6.07, 6.45) is 0.523. The molecule has 0 heterocycles. The molecule has 0 amide bonds. The Hall–Kier alpha value is -0.0000000000000000555. The van der Waals surface area contributed by atoms with Crippen LogP contribution in [0.2, 0.25) is 5.02 Å². The van der Waals surface area contributed by atoms with Crippen molar-refractivity contribution in [2.75, 3.05) is 16.3 Å². The molecular formula is C11H15ClINO. The van der Waals surface area contributed by atoms with Crippen molar-refractivity contribution >= 4 is 39.9 Å². The van der Waals surface area contributed by atoms with E-state index >= 15 is 0 Å². The van der Waals surface area contributed by atoms with Crippen molar-refractivity contribution in [3.63, 3.8) is 0 Å². The molecule has 1 atom stereocenters. The molecule has 15 heavy (non-hydrogen) atoms. The van der Waals surface area contributed by atoms with Crippen LogP contribution in [-0.4, -0.2) is 22.2 Å². The van der Waals surface area contributed by atoms with Gasteiger partial charge in [-0.2, -0.15) is 0 Å². The highest BCUT2D eigenvalue weighted by Crippen LogP contribution is 2.19. The molecule has 0 spiro atoms. The molecule has 0 radical (unpaired) electrons. The van der Waals surface area contributed by atoms with Crippen LogP contribution in [0.25, 0.3) is 0 Å². The first-order valence-electron chi connectivity index (χ1n) is 4.87. The number of benzene rings is 1. The summed E-state index contributed by atoms with van der Waals surface area (Å²) in [5.74, 6) is 0. The predicted octanol–water partition coefficient (Wildman–Crippen LogP) is 3.25. The number of anilines is 1. The average molecular weight is 340 g/mol. The first-order valence-corrected chi connectivity index (χ1v) is 6.78. The van der Waals surface area contributed by atoms with Gasteiger partial charge in [0.15, 0.2) is 0 Å². The lowest BCUT2D eigenvalue weighted by atomic mass is 10.2. The van der Waals surface area contributed by atoms with E-state index in [4.69, 9.17) is 11.6 Å². The Morgan fingerprint density at radius 1 is 1.53 bits per heavy atom. The number of aliphatic hydroxyl groups is 1. The van der Waals surface area contributed by atoms with Crippen molar-refractivity contribution in [3.05, 3.63) is 28.8 Å². The van der Waals surface area contributed by atoms with Crippen LogP contribution in [0.4, 0.5) is 5.69 Å². The van der Waals surface area contributed by atoms with Crippen molar-refractivity contribution in [1.82, 2.24) is 0 Å². The molecule has 0 fully saturated rings. The number of aryl methyl sites for hydroxylation is 1. The highest BCUT2D eigenvalue weighted by molar-refractivity contribution is 14.1. The van der Waals surface area contributed by atoms with Gasteiger partial charge in [-0.25, -0.2) is 0 Å². The van der Waals surface area contributed by atoms with Crippen molar-refractivity contribution in [2.45, 2.75) is 19.4 Å². The Morgan fingerprint density at radius 2 is 2.27 bits per heavy atom. The van der Waals surface area contributed by atoms with E-state index < -0.39 is 0 Å². The maximum Gasteiger partial charge on any atom is 0.0719 e. The lowest BCUT2D eigenvalue weighted by Gasteiger charge is -2.12. The van der Waals surface area contributed by atoms with E-state index in [2.05, 4.69) is 27.9 Å². The number of aliphatic hydroxyl groups excluding tert-OH is 1. The van der Waals surface area contributed by atoms with E-state index in [1.165, 1.54) is 0 Å². The van der Waals surface area contributed by atoms with Crippen molar-refractivity contribution < 1.29 is 5.11 Å². The second kappa shape index (κ2) is 6.55. The summed E-state index contributed by atoms with van der Waals surface area (Å²) in [6, 6.07) is 5.82. The third-order valence-corrected chi connectivity index (χ3v) is 3.19. The Labute approximate surface area is 109 Å². The first kappa shape index (κ1) is 13.1. The average Bonchev–Trinajstić information content (AvgIpc) is 2.20. The number of alkyl halides is 1. The van der Waals surface area contributed by atoms with Crippen LogP contribution in [-0.2, 0) is 0 Å². The summed E-state index contributed by atoms with van der Waals surface area (Å²) in [5.41, 5.74) is 2.02. The zero-order valence-corrected chi connectivity index (χ0v) is 11.5. The van der Waals surface area contributed by atoms with Gasteiger partial charge in [-0.3, -0.25) is 0 Å². The normalized spacial score (nSPS) is 12.5. The quantitative estimate of drug-likeness (QED) is 0.637. The number of nitrogens with one attached hydrogen (secondary N) is 1. The number of hydrogen-bond donors (Lipinski definition) is 2. The fourth-order valence-corrected chi connectivity index (χ4v) is 2.07. The van der Waals surface area contributed by atoms with Gasteiger partial charge in [0, 0.05) is 21.7 Å². The molecule has 1 rings (SSSR count). The monoisotopic (exact) mass is 339 g/mol. The van der Waals surface area contributed by atoms with Gasteiger partial charge in [0.25, 0.3) is 0 Å². The minimum Gasteiger partial charge on any atom is -0.391 e. The van der Waals surface area contributed by atoms with Crippen LogP contribution in [0.1, 0.15) is 12.0 Å². The molecule has 2 N–H and O–H groups in total. The summed E-state index contributed by atoms with van der Waals surface area (Å²) >= 11 is 8.24. The largest absolute Gasteiger partial charge is 0.391 e. The number of rotatable bonds is 5. The highest BCUT2D eigenvalue weighted by atomic mass is 127. The lowest BCUT2D eigenvalue weighted by molar-refractivity contribution is 0.185. The molecule has 2 nitrogen and oxygen atoms in total. The lowest BCUT2D eigenvalue weighted by Crippen LogP contribution is -2.19. The maximum absolute atomic E-state index is 9.53. The van der Waals surface area contributed by atoms with Gasteiger partial charge in [0.2, 0.25) is 0 Å². The van der Waals surface area contributed by atoms with Gasteiger partial charge in [-0.1, -0.05) is 40.3 Å². The number of hydrogen-bond acceptors (Lipinski definition) is 2. The van der Waals surface area contributed by atoms with Gasteiger partial charge in [0.05, 0.1) is 6.10 Å². The predicted molar refractivity (Wildman–Crippen MR) is 74.2 cm³/mol. The van der Waals surface area contributed by atoms with Gasteiger partial charge >= 0.3 is 0 Å². The molecule has 4 heteroatoms. The van der Waals surface area contributed by atoms with E-state index in [9.17, 15) is 5.11 Å². The summed E-state index contributed by atoms with van der Waals surface area (Å²) in [6.45, 7) is 2.54. The zero-order chi connectivity index (χ0) is 11.3. The van der Waals surface area contributed by atoms with Crippen molar-refractivity contribution in [1.29, 1.82) is 0 Å². The Kier molecular flexibility index (Phi) is 5.71. The van der Waals surface area contributed by atoms with E-state index in [0.29, 0.717) is 6.54 Å². The molecule has 0 aliphatic carbocycles. The third-order valence-electron chi connectivity index (χ3n) is 2.16. The van der Waals surface area contributed by atoms with Gasteiger partial charge in [-0.15, -0.1) is 0 Å². The summed E-state index contributed by atoms with van der Waals surface area (Å²) in [7, 11) is 0. The smallest absolute Gasteiger partial charge is 0.0719 e. The topological polar surface area (TPSA) is 32.3 Å². The Balaban J connectivity index is 2.47. The second-order valence-corrected chi connectivity index (χ2v) is 4.96. The zero-order valence-electron chi connectivity index (χ0n) is 8.63. The van der Waals surface area contributed by atoms with E-state index in [0.717, 1.165) is 27.1 Å².